The van der Waals surface area contributed by atoms with Crippen molar-refractivity contribution < 1.29 is 14.7 Å². The van der Waals surface area contributed by atoms with Crippen molar-refractivity contribution in [3.8, 4) is 0 Å². The summed E-state index contributed by atoms with van der Waals surface area (Å²) in [5.74, 6) is -0.556. The van der Waals surface area contributed by atoms with E-state index >= 15 is 0 Å². The van der Waals surface area contributed by atoms with Gasteiger partial charge in [0.05, 0.1) is 6.04 Å². The molecule has 5 heteroatoms. The number of carbonyl (C=O) groups excluding carboxylic acids is 1. The molecule has 4 atom stereocenters. The number of fused-ring (bicyclic) bond motifs is 1. The first-order valence-electron chi connectivity index (χ1n) is 8.36. The summed E-state index contributed by atoms with van der Waals surface area (Å²) < 4.78 is 0. The quantitative estimate of drug-likeness (QED) is 0.814. The van der Waals surface area contributed by atoms with E-state index in [1.807, 2.05) is 0 Å². The number of hydrogen-bond donors (Lipinski definition) is 2. The van der Waals surface area contributed by atoms with Gasteiger partial charge < -0.3 is 15.7 Å². The van der Waals surface area contributed by atoms with Gasteiger partial charge in [-0.05, 0) is 38.0 Å². The Kier molecular flexibility index (Phi) is 5.62. The highest BCUT2D eigenvalue weighted by Gasteiger charge is 2.44. The predicted octanol–water partition coefficient (Wildman–Crippen LogP) is 2.14. The lowest BCUT2D eigenvalue weighted by molar-refractivity contribution is -0.159. The minimum absolute atomic E-state index is 0.0915. The van der Waals surface area contributed by atoms with Crippen molar-refractivity contribution in [1.82, 2.24) is 4.90 Å². The summed E-state index contributed by atoms with van der Waals surface area (Å²) in [6.07, 6.45) is 8.38. The van der Waals surface area contributed by atoms with Crippen molar-refractivity contribution in [3.05, 3.63) is 0 Å². The fourth-order valence-corrected chi connectivity index (χ4v) is 3.93. The number of amides is 1. The van der Waals surface area contributed by atoms with Crippen LogP contribution in [0.4, 0.5) is 0 Å². The number of nitrogens with two attached hydrogens (primary N) is 1. The van der Waals surface area contributed by atoms with Gasteiger partial charge in [0, 0.05) is 6.04 Å². The molecule has 1 saturated heterocycles. The van der Waals surface area contributed by atoms with Gasteiger partial charge in [-0.1, -0.05) is 32.6 Å². The number of carboxylic acids is 1. The normalized spacial score (nSPS) is 30.6. The smallest absolute Gasteiger partial charge is 0.326 e. The van der Waals surface area contributed by atoms with Gasteiger partial charge in [-0.25, -0.2) is 4.79 Å². The van der Waals surface area contributed by atoms with Gasteiger partial charge >= 0.3 is 5.97 Å². The Labute approximate surface area is 126 Å². The lowest BCUT2D eigenvalue weighted by Gasteiger charge is -2.47. The Balaban J connectivity index is 2.15. The second-order valence-corrected chi connectivity index (χ2v) is 6.54. The first kappa shape index (κ1) is 16.3. The van der Waals surface area contributed by atoms with E-state index in [1.165, 1.54) is 6.42 Å². The third-order valence-corrected chi connectivity index (χ3v) is 5.10. The van der Waals surface area contributed by atoms with Crippen LogP contribution in [-0.4, -0.2) is 40.0 Å². The molecule has 2 aliphatic rings. The summed E-state index contributed by atoms with van der Waals surface area (Å²) in [5, 5.41) is 9.47. The van der Waals surface area contributed by atoms with Crippen LogP contribution in [-0.2, 0) is 9.59 Å². The molecule has 120 valence electrons. The topological polar surface area (TPSA) is 83.6 Å². The van der Waals surface area contributed by atoms with Crippen LogP contribution in [0.1, 0.15) is 64.7 Å². The van der Waals surface area contributed by atoms with Crippen molar-refractivity contribution in [2.24, 2.45) is 11.7 Å². The van der Waals surface area contributed by atoms with Gasteiger partial charge in [0.2, 0.25) is 5.91 Å². The van der Waals surface area contributed by atoms with Crippen LogP contribution in [0.15, 0.2) is 0 Å². The van der Waals surface area contributed by atoms with Crippen LogP contribution < -0.4 is 5.73 Å². The van der Waals surface area contributed by atoms with Crippen LogP contribution in [0.25, 0.3) is 0 Å². The molecule has 1 saturated carbocycles. The maximum Gasteiger partial charge on any atom is 0.326 e. The number of aliphatic carboxylic acids is 1. The van der Waals surface area contributed by atoms with Crippen molar-refractivity contribution in [3.63, 3.8) is 0 Å². The van der Waals surface area contributed by atoms with E-state index in [1.54, 1.807) is 4.90 Å². The number of rotatable bonds is 5. The highest BCUT2D eigenvalue weighted by Crippen LogP contribution is 2.38. The lowest BCUT2D eigenvalue weighted by atomic mass is 9.76. The molecule has 2 rings (SSSR count). The maximum absolute atomic E-state index is 12.7. The van der Waals surface area contributed by atoms with Crippen LogP contribution in [0.5, 0.6) is 0 Å². The average molecular weight is 296 g/mol. The SMILES string of the molecule is CCCC[C@H](N)C(=O)N1C(C(=O)O)CCC2CCCCC21. The third-order valence-electron chi connectivity index (χ3n) is 5.10. The zero-order valence-electron chi connectivity index (χ0n) is 13.0. The molecular weight excluding hydrogens is 268 g/mol. The molecular formula is C16H28N2O3. The Morgan fingerprint density at radius 1 is 1.24 bits per heavy atom. The number of carbonyl (C=O) groups is 2. The Bertz CT molecular complexity index is 386. The molecule has 0 aromatic carbocycles. The van der Waals surface area contributed by atoms with Crippen molar-refractivity contribution >= 4 is 11.9 Å². The van der Waals surface area contributed by atoms with Crippen LogP contribution in [0, 0.1) is 5.92 Å². The molecule has 3 unspecified atom stereocenters. The predicted molar refractivity (Wildman–Crippen MR) is 80.8 cm³/mol. The Morgan fingerprint density at radius 3 is 2.62 bits per heavy atom. The standard InChI is InChI=1S/C16H28N2O3/c1-2-3-7-12(17)15(19)18-13-8-5-4-6-11(13)9-10-14(18)16(20)21/h11-14H,2-10,17H2,1H3,(H,20,21)/t11?,12-,13?,14?/m0/s1. The average Bonchev–Trinajstić information content (AvgIpc) is 2.50. The maximum atomic E-state index is 12.7. The summed E-state index contributed by atoms with van der Waals surface area (Å²) in [4.78, 5) is 25.9. The number of nitrogens with zero attached hydrogens (tertiary/aromatic N) is 1. The minimum Gasteiger partial charge on any atom is -0.480 e. The number of piperidine rings is 1. The van der Waals surface area contributed by atoms with Gasteiger partial charge in [0.1, 0.15) is 6.04 Å². The monoisotopic (exact) mass is 296 g/mol. The highest BCUT2D eigenvalue weighted by atomic mass is 16.4. The molecule has 0 aromatic heterocycles. The molecule has 2 fully saturated rings. The van der Waals surface area contributed by atoms with Crippen molar-refractivity contribution in [2.45, 2.75) is 82.8 Å². The fourth-order valence-electron chi connectivity index (χ4n) is 3.93. The molecule has 0 aromatic rings. The van der Waals surface area contributed by atoms with E-state index in [2.05, 4.69) is 6.92 Å². The summed E-state index contributed by atoms with van der Waals surface area (Å²) >= 11 is 0. The Morgan fingerprint density at radius 2 is 1.95 bits per heavy atom. The molecule has 0 bridgehead atoms. The summed E-state index contributed by atoms with van der Waals surface area (Å²) in [5.41, 5.74) is 6.03. The van der Waals surface area contributed by atoms with E-state index in [0.717, 1.165) is 38.5 Å². The van der Waals surface area contributed by atoms with E-state index in [-0.39, 0.29) is 11.9 Å². The van der Waals surface area contributed by atoms with Gasteiger partial charge in [-0.15, -0.1) is 0 Å². The van der Waals surface area contributed by atoms with E-state index in [0.29, 0.717) is 18.8 Å². The number of unbranched alkanes of at least 4 members (excludes halogenated alkanes) is 1. The summed E-state index contributed by atoms with van der Waals surface area (Å²) in [7, 11) is 0. The minimum atomic E-state index is -0.880. The van der Waals surface area contributed by atoms with E-state index in [4.69, 9.17) is 5.73 Å². The summed E-state index contributed by atoms with van der Waals surface area (Å²) in [6, 6.07) is -1.13. The molecule has 1 aliphatic carbocycles. The van der Waals surface area contributed by atoms with Gasteiger partial charge in [0.15, 0.2) is 0 Å². The van der Waals surface area contributed by atoms with Crippen molar-refractivity contribution in [2.75, 3.05) is 0 Å². The molecule has 1 amide bonds. The lowest BCUT2D eigenvalue weighted by Crippen LogP contribution is -2.60. The number of carboxylic acid groups (broad SMARTS) is 1. The molecule has 1 heterocycles. The van der Waals surface area contributed by atoms with Crippen molar-refractivity contribution in [1.29, 1.82) is 0 Å². The molecule has 3 N–H and O–H groups in total. The van der Waals surface area contributed by atoms with Crippen LogP contribution >= 0.6 is 0 Å². The van der Waals surface area contributed by atoms with E-state index in [9.17, 15) is 14.7 Å². The largest absolute Gasteiger partial charge is 0.480 e. The van der Waals surface area contributed by atoms with E-state index < -0.39 is 18.1 Å². The second kappa shape index (κ2) is 7.25. The third kappa shape index (κ3) is 3.57. The fraction of sp³-hybridized carbons (Fsp3) is 0.875. The van der Waals surface area contributed by atoms with Crippen LogP contribution in [0.3, 0.4) is 0 Å². The van der Waals surface area contributed by atoms with Gasteiger partial charge in [0.25, 0.3) is 0 Å². The molecule has 5 nitrogen and oxygen atoms in total. The molecule has 21 heavy (non-hydrogen) atoms. The number of likely N-dealkylation sites (tertiary alicyclic amines) is 1. The molecule has 0 spiro atoms. The molecule has 0 radical (unpaired) electrons. The first-order chi connectivity index (χ1) is 10.1. The highest BCUT2D eigenvalue weighted by molar-refractivity contribution is 5.87. The van der Waals surface area contributed by atoms with Gasteiger partial charge in [-0.2, -0.15) is 0 Å². The van der Waals surface area contributed by atoms with Gasteiger partial charge in [-0.3, -0.25) is 4.79 Å². The first-order valence-corrected chi connectivity index (χ1v) is 8.36. The Hall–Kier alpha value is -1.10. The number of hydrogen-bond acceptors (Lipinski definition) is 3. The molecule has 1 aliphatic heterocycles. The zero-order valence-corrected chi connectivity index (χ0v) is 13.0. The second-order valence-electron chi connectivity index (χ2n) is 6.54. The zero-order chi connectivity index (χ0) is 15.4. The summed E-state index contributed by atoms with van der Waals surface area (Å²) in [6.45, 7) is 2.06. The van der Waals surface area contributed by atoms with Crippen LogP contribution in [0.2, 0.25) is 0 Å².